The number of benzene rings is 1. The summed E-state index contributed by atoms with van der Waals surface area (Å²) in [5, 5.41) is 0. The second-order valence-electron chi connectivity index (χ2n) is 3.74. The fourth-order valence-corrected chi connectivity index (χ4v) is 1.39. The quantitative estimate of drug-likeness (QED) is 0.834. The number of ether oxygens (including phenoxy) is 1. The van der Waals surface area contributed by atoms with Gasteiger partial charge in [0.1, 0.15) is 0 Å². The van der Waals surface area contributed by atoms with Gasteiger partial charge >= 0.3 is 0 Å². The van der Waals surface area contributed by atoms with E-state index in [2.05, 4.69) is 0 Å². The van der Waals surface area contributed by atoms with E-state index in [9.17, 15) is 4.39 Å². The van der Waals surface area contributed by atoms with Crippen LogP contribution in [0.1, 0.15) is 13.8 Å². The van der Waals surface area contributed by atoms with E-state index in [1.165, 1.54) is 6.07 Å². The number of nitrogens with two attached hydrogens (primary N) is 1. The van der Waals surface area contributed by atoms with Crippen LogP contribution in [0.15, 0.2) is 18.2 Å². The molecule has 0 aliphatic rings. The van der Waals surface area contributed by atoms with E-state index in [-0.39, 0.29) is 11.9 Å². The Bertz CT molecular complexity index is 344. The van der Waals surface area contributed by atoms with Crippen LogP contribution < -0.4 is 15.4 Å². The number of halogens is 1. The van der Waals surface area contributed by atoms with E-state index >= 15 is 0 Å². The minimum Gasteiger partial charge on any atom is -0.491 e. The third-order valence-electron chi connectivity index (χ3n) is 2.62. The molecular formula is C12H19FN2O. The maximum Gasteiger partial charge on any atom is 0.167 e. The maximum absolute atomic E-state index is 13.6. The van der Waals surface area contributed by atoms with Gasteiger partial charge in [-0.15, -0.1) is 0 Å². The average molecular weight is 226 g/mol. The van der Waals surface area contributed by atoms with E-state index in [0.29, 0.717) is 18.9 Å². The van der Waals surface area contributed by atoms with Crippen LogP contribution in [0.4, 0.5) is 10.1 Å². The standard InChI is InChI=1S/C12H19FN2O/c1-4-16-12-6-5-10(7-11(12)13)15(3)9(2)8-14/h5-7,9H,4,8,14H2,1-3H3. The third-order valence-corrected chi connectivity index (χ3v) is 2.62. The van der Waals surface area contributed by atoms with Crippen LogP contribution in [0.25, 0.3) is 0 Å². The second-order valence-corrected chi connectivity index (χ2v) is 3.74. The van der Waals surface area contributed by atoms with Crippen molar-refractivity contribution in [1.82, 2.24) is 0 Å². The smallest absolute Gasteiger partial charge is 0.167 e. The molecule has 4 heteroatoms. The number of hydrogen-bond donors (Lipinski definition) is 1. The van der Waals surface area contributed by atoms with E-state index in [0.717, 1.165) is 5.69 Å². The predicted molar refractivity (Wildman–Crippen MR) is 64.5 cm³/mol. The molecule has 0 fully saturated rings. The van der Waals surface area contributed by atoms with Gasteiger partial charge in [0.15, 0.2) is 11.6 Å². The molecule has 16 heavy (non-hydrogen) atoms. The molecule has 0 heterocycles. The zero-order valence-electron chi connectivity index (χ0n) is 10.0. The van der Waals surface area contributed by atoms with Crippen molar-refractivity contribution in [3.05, 3.63) is 24.0 Å². The lowest BCUT2D eigenvalue weighted by molar-refractivity contribution is 0.321. The van der Waals surface area contributed by atoms with E-state index < -0.39 is 0 Å². The predicted octanol–water partition coefficient (Wildman–Crippen LogP) is 2.01. The third kappa shape index (κ3) is 2.85. The summed E-state index contributed by atoms with van der Waals surface area (Å²) in [6.45, 7) is 4.82. The van der Waals surface area contributed by atoms with Crippen molar-refractivity contribution in [2.75, 3.05) is 25.1 Å². The summed E-state index contributed by atoms with van der Waals surface area (Å²) in [5.41, 5.74) is 6.37. The van der Waals surface area contributed by atoms with Gasteiger partial charge in [-0.3, -0.25) is 0 Å². The fourth-order valence-electron chi connectivity index (χ4n) is 1.39. The largest absolute Gasteiger partial charge is 0.491 e. The summed E-state index contributed by atoms with van der Waals surface area (Å²) in [7, 11) is 1.90. The molecule has 0 radical (unpaired) electrons. The molecule has 0 aliphatic carbocycles. The second kappa shape index (κ2) is 5.70. The first-order chi connectivity index (χ1) is 7.60. The zero-order valence-corrected chi connectivity index (χ0v) is 10.0. The van der Waals surface area contributed by atoms with Gasteiger partial charge in [-0.05, 0) is 26.0 Å². The van der Waals surface area contributed by atoms with E-state index in [1.807, 2.05) is 31.9 Å². The van der Waals surface area contributed by atoms with Crippen LogP contribution >= 0.6 is 0 Å². The number of rotatable bonds is 5. The van der Waals surface area contributed by atoms with E-state index in [1.54, 1.807) is 6.07 Å². The topological polar surface area (TPSA) is 38.5 Å². The summed E-state index contributed by atoms with van der Waals surface area (Å²) in [4.78, 5) is 1.94. The van der Waals surface area contributed by atoms with Gasteiger partial charge < -0.3 is 15.4 Å². The number of likely N-dealkylation sites (N-methyl/N-ethyl adjacent to an activating group) is 1. The maximum atomic E-state index is 13.6. The van der Waals surface area contributed by atoms with Crippen molar-refractivity contribution < 1.29 is 9.13 Å². The van der Waals surface area contributed by atoms with Gasteiger partial charge in [0.05, 0.1) is 6.61 Å². The first-order valence-corrected chi connectivity index (χ1v) is 5.45. The number of nitrogens with zero attached hydrogens (tertiary/aromatic N) is 1. The SMILES string of the molecule is CCOc1ccc(N(C)C(C)CN)cc1F. The van der Waals surface area contributed by atoms with Crippen LogP contribution in [-0.2, 0) is 0 Å². The minimum absolute atomic E-state index is 0.178. The molecule has 1 atom stereocenters. The van der Waals surface area contributed by atoms with Crippen molar-refractivity contribution in [2.45, 2.75) is 19.9 Å². The Hall–Kier alpha value is -1.29. The lowest BCUT2D eigenvalue weighted by Crippen LogP contribution is -2.35. The molecule has 90 valence electrons. The van der Waals surface area contributed by atoms with Crippen LogP contribution in [0.3, 0.4) is 0 Å². The molecule has 1 rings (SSSR count). The highest BCUT2D eigenvalue weighted by Crippen LogP contribution is 2.24. The molecule has 0 spiro atoms. The number of anilines is 1. The minimum atomic E-state index is -0.338. The highest BCUT2D eigenvalue weighted by Gasteiger charge is 2.11. The van der Waals surface area contributed by atoms with E-state index in [4.69, 9.17) is 10.5 Å². The molecule has 0 aromatic heterocycles. The Morgan fingerprint density at radius 2 is 2.19 bits per heavy atom. The van der Waals surface area contributed by atoms with Crippen molar-refractivity contribution >= 4 is 5.69 Å². The van der Waals surface area contributed by atoms with Crippen LogP contribution in [0.2, 0.25) is 0 Å². The Labute approximate surface area is 96.0 Å². The zero-order chi connectivity index (χ0) is 12.1. The van der Waals surface area contributed by atoms with Crippen molar-refractivity contribution in [1.29, 1.82) is 0 Å². The highest BCUT2D eigenvalue weighted by molar-refractivity contribution is 5.50. The molecule has 1 unspecified atom stereocenters. The van der Waals surface area contributed by atoms with Crippen molar-refractivity contribution in [3.63, 3.8) is 0 Å². The van der Waals surface area contributed by atoms with Gasteiger partial charge in [0.2, 0.25) is 0 Å². The summed E-state index contributed by atoms with van der Waals surface area (Å²) < 4.78 is 18.7. The lowest BCUT2D eigenvalue weighted by Gasteiger charge is -2.26. The Morgan fingerprint density at radius 3 is 2.69 bits per heavy atom. The molecule has 2 N–H and O–H groups in total. The Morgan fingerprint density at radius 1 is 1.50 bits per heavy atom. The van der Waals surface area contributed by atoms with Crippen molar-refractivity contribution in [3.8, 4) is 5.75 Å². The molecule has 1 aromatic rings. The molecule has 0 amide bonds. The average Bonchev–Trinajstić information content (AvgIpc) is 2.30. The van der Waals surface area contributed by atoms with Crippen LogP contribution in [-0.4, -0.2) is 26.2 Å². The van der Waals surface area contributed by atoms with Gasteiger partial charge in [-0.1, -0.05) is 0 Å². The van der Waals surface area contributed by atoms with Gasteiger partial charge in [0, 0.05) is 31.4 Å². The summed E-state index contributed by atoms with van der Waals surface area (Å²) in [5.74, 6) is -0.0459. The fraction of sp³-hybridized carbons (Fsp3) is 0.500. The normalized spacial score (nSPS) is 12.3. The Kier molecular flexibility index (Phi) is 4.55. The highest BCUT2D eigenvalue weighted by atomic mass is 19.1. The summed E-state index contributed by atoms with van der Waals surface area (Å²) in [6, 6.07) is 5.13. The summed E-state index contributed by atoms with van der Waals surface area (Å²) >= 11 is 0. The molecule has 0 aliphatic heterocycles. The number of hydrogen-bond acceptors (Lipinski definition) is 3. The van der Waals surface area contributed by atoms with Gasteiger partial charge in [0.25, 0.3) is 0 Å². The first kappa shape index (κ1) is 12.8. The van der Waals surface area contributed by atoms with Crippen LogP contribution in [0, 0.1) is 5.82 Å². The molecule has 0 bridgehead atoms. The molecule has 0 saturated carbocycles. The summed E-state index contributed by atoms with van der Waals surface area (Å²) in [6.07, 6.45) is 0. The lowest BCUT2D eigenvalue weighted by atomic mass is 10.2. The van der Waals surface area contributed by atoms with Crippen LogP contribution in [0.5, 0.6) is 5.75 Å². The molecule has 3 nitrogen and oxygen atoms in total. The monoisotopic (exact) mass is 226 g/mol. The first-order valence-electron chi connectivity index (χ1n) is 5.45. The van der Waals surface area contributed by atoms with Crippen molar-refractivity contribution in [2.24, 2.45) is 5.73 Å². The molecular weight excluding hydrogens is 207 g/mol. The van der Waals surface area contributed by atoms with Gasteiger partial charge in [-0.2, -0.15) is 0 Å². The Balaban J connectivity index is 2.87. The van der Waals surface area contributed by atoms with Gasteiger partial charge in [-0.25, -0.2) is 4.39 Å². The molecule has 1 aromatic carbocycles. The molecule has 0 saturated heterocycles.